The molecule has 3 rings (SSSR count). The van der Waals surface area contributed by atoms with Crippen molar-refractivity contribution in [3.05, 3.63) is 63.5 Å². The summed E-state index contributed by atoms with van der Waals surface area (Å²) in [6, 6.07) is 1.95. The number of alkyl halides is 3. The number of anilines is 1. The molecule has 0 saturated heterocycles. The summed E-state index contributed by atoms with van der Waals surface area (Å²) >= 11 is 2.98. The number of benzene rings is 2. The van der Waals surface area contributed by atoms with Gasteiger partial charge in [0.1, 0.15) is 5.70 Å². The number of aliphatic hydroxyl groups is 1. The Kier molecular flexibility index (Phi) is 6.51. The standard InChI is InChI=1S/C19H11BrF6N2O4/c20-9-5-12(23)17(32-16-10(21)3-8(4-11(16)22)19(24,25)26)13(6-9)27-14-7-15(30)28(1-2-29)18(14)31/h3-7,27,29H,1-2H2. The fourth-order valence-corrected chi connectivity index (χ4v) is 3.16. The lowest BCUT2D eigenvalue weighted by Crippen LogP contribution is -2.34. The Morgan fingerprint density at radius 3 is 2.16 bits per heavy atom. The van der Waals surface area contributed by atoms with Crippen LogP contribution < -0.4 is 10.1 Å². The highest BCUT2D eigenvalue weighted by Gasteiger charge is 2.34. The van der Waals surface area contributed by atoms with E-state index in [0.29, 0.717) is 4.90 Å². The minimum absolute atomic E-state index is 0.0171. The minimum atomic E-state index is -5.03. The molecule has 2 aromatic carbocycles. The Morgan fingerprint density at radius 2 is 1.59 bits per heavy atom. The molecule has 0 aliphatic carbocycles. The monoisotopic (exact) mass is 524 g/mol. The van der Waals surface area contributed by atoms with Crippen molar-refractivity contribution in [3.8, 4) is 11.5 Å². The number of imide groups is 1. The van der Waals surface area contributed by atoms with Crippen LogP contribution in [-0.2, 0) is 15.8 Å². The van der Waals surface area contributed by atoms with E-state index in [2.05, 4.69) is 21.2 Å². The average molecular weight is 525 g/mol. The van der Waals surface area contributed by atoms with Gasteiger partial charge in [-0.3, -0.25) is 14.5 Å². The Labute approximate surface area is 184 Å². The maximum absolute atomic E-state index is 14.5. The Hall–Kier alpha value is -3.06. The van der Waals surface area contributed by atoms with Gasteiger partial charge in [0.05, 0.1) is 24.4 Å². The predicted octanol–water partition coefficient (Wildman–Crippen LogP) is 4.33. The molecule has 0 radical (unpaired) electrons. The molecule has 0 aromatic heterocycles. The molecule has 170 valence electrons. The van der Waals surface area contributed by atoms with Crippen molar-refractivity contribution in [1.82, 2.24) is 4.90 Å². The summed E-state index contributed by atoms with van der Waals surface area (Å²) < 4.78 is 86.1. The Bertz CT molecular complexity index is 1110. The van der Waals surface area contributed by atoms with Crippen LogP contribution in [-0.4, -0.2) is 35.0 Å². The van der Waals surface area contributed by atoms with Crippen molar-refractivity contribution >= 4 is 33.4 Å². The molecule has 2 amide bonds. The first-order valence-corrected chi connectivity index (χ1v) is 9.40. The lowest BCUT2D eigenvalue weighted by Gasteiger charge is -2.17. The van der Waals surface area contributed by atoms with Crippen molar-refractivity contribution in [2.24, 2.45) is 0 Å². The van der Waals surface area contributed by atoms with Crippen molar-refractivity contribution in [3.63, 3.8) is 0 Å². The lowest BCUT2D eigenvalue weighted by atomic mass is 10.2. The zero-order chi connectivity index (χ0) is 23.8. The maximum atomic E-state index is 14.5. The van der Waals surface area contributed by atoms with Gasteiger partial charge in [-0.1, -0.05) is 15.9 Å². The van der Waals surface area contributed by atoms with Crippen molar-refractivity contribution in [2.45, 2.75) is 6.18 Å². The quantitative estimate of drug-likeness (QED) is 0.434. The second kappa shape index (κ2) is 8.82. The van der Waals surface area contributed by atoms with E-state index in [1.54, 1.807) is 0 Å². The number of hydrogen-bond acceptors (Lipinski definition) is 5. The van der Waals surface area contributed by atoms with Crippen molar-refractivity contribution < 1.29 is 45.8 Å². The zero-order valence-corrected chi connectivity index (χ0v) is 17.2. The van der Waals surface area contributed by atoms with Crippen LogP contribution in [0.2, 0.25) is 0 Å². The first-order valence-electron chi connectivity index (χ1n) is 8.61. The van der Waals surface area contributed by atoms with E-state index >= 15 is 0 Å². The fraction of sp³-hybridized carbons (Fsp3) is 0.158. The van der Waals surface area contributed by atoms with Gasteiger partial charge in [0.2, 0.25) is 0 Å². The highest BCUT2D eigenvalue weighted by Crippen LogP contribution is 2.40. The molecular formula is C19H11BrF6N2O4. The normalized spacial score (nSPS) is 14.1. The molecule has 32 heavy (non-hydrogen) atoms. The topological polar surface area (TPSA) is 78.9 Å². The molecule has 0 saturated carbocycles. The third kappa shape index (κ3) is 4.72. The average Bonchev–Trinajstić information content (AvgIpc) is 2.93. The van der Waals surface area contributed by atoms with Crippen LogP contribution in [0.25, 0.3) is 0 Å². The van der Waals surface area contributed by atoms with Crippen LogP contribution >= 0.6 is 15.9 Å². The summed E-state index contributed by atoms with van der Waals surface area (Å²) in [5, 5.41) is 11.3. The summed E-state index contributed by atoms with van der Waals surface area (Å²) in [4.78, 5) is 24.8. The van der Waals surface area contributed by atoms with Gasteiger partial charge in [0.15, 0.2) is 29.0 Å². The SMILES string of the molecule is O=C1C=C(Nc2cc(Br)cc(F)c2Oc2c(F)cc(C(F)(F)F)cc2F)C(=O)N1CCO. The lowest BCUT2D eigenvalue weighted by molar-refractivity contribution is -0.138. The van der Waals surface area contributed by atoms with Crippen LogP contribution in [0, 0.1) is 17.5 Å². The Morgan fingerprint density at radius 1 is 1.00 bits per heavy atom. The number of β-amino-alcohol motifs (C(OH)–C–C–N with tert-alkyl or cyclic N) is 1. The molecule has 1 heterocycles. The number of carbonyl (C=O) groups excluding carboxylic acids is 2. The van der Waals surface area contributed by atoms with Crippen molar-refractivity contribution in [1.29, 1.82) is 0 Å². The van der Waals surface area contributed by atoms with Gasteiger partial charge >= 0.3 is 6.18 Å². The van der Waals surface area contributed by atoms with Gasteiger partial charge in [-0.25, -0.2) is 13.2 Å². The summed E-state index contributed by atoms with van der Waals surface area (Å²) in [6.07, 6.45) is -4.18. The van der Waals surface area contributed by atoms with E-state index in [4.69, 9.17) is 9.84 Å². The smallest absolute Gasteiger partial charge is 0.416 e. The van der Waals surface area contributed by atoms with E-state index < -0.39 is 59.1 Å². The molecule has 0 atom stereocenters. The van der Waals surface area contributed by atoms with Crippen LogP contribution in [0.3, 0.4) is 0 Å². The van der Waals surface area contributed by atoms with E-state index in [-0.39, 0.29) is 34.5 Å². The molecule has 1 aliphatic rings. The van der Waals surface area contributed by atoms with Gasteiger partial charge in [-0.2, -0.15) is 13.2 Å². The van der Waals surface area contributed by atoms with Gasteiger partial charge in [-0.05, 0) is 24.3 Å². The second-order valence-corrected chi connectivity index (χ2v) is 7.25. The first-order chi connectivity index (χ1) is 14.9. The molecule has 13 heteroatoms. The predicted molar refractivity (Wildman–Crippen MR) is 101 cm³/mol. The number of aliphatic hydroxyl groups excluding tert-OH is 1. The number of halogens is 7. The fourth-order valence-electron chi connectivity index (χ4n) is 2.74. The highest BCUT2D eigenvalue weighted by atomic mass is 79.9. The van der Waals surface area contributed by atoms with Crippen LogP contribution in [0.4, 0.5) is 32.0 Å². The largest absolute Gasteiger partial charge is 0.446 e. The van der Waals surface area contributed by atoms with Gasteiger partial charge in [0.25, 0.3) is 11.8 Å². The zero-order valence-electron chi connectivity index (χ0n) is 15.6. The van der Waals surface area contributed by atoms with Crippen molar-refractivity contribution in [2.75, 3.05) is 18.5 Å². The molecule has 0 fully saturated rings. The van der Waals surface area contributed by atoms with E-state index in [1.165, 1.54) is 0 Å². The molecule has 0 unspecified atom stereocenters. The third-order valence-electron chi connectivity index (χ3n) is 4.14. The second-order valence-electron chi connectivity index (χ2n) is 6.33. The minimum Gasteiger partial charge on any atom is -0.446 e. The van der Waals surface area contributed by atoms with Gasteiger partial charge in [0, 0.05) is 10.5 Å². The van der Waals surface area contributed by atoms with E-state index in [1.807, 2.05) is 0 Å². The highest BCUT2D eigenvalue weighted by molar-refractivity contribution is 9.10. The number of rotatable bonds is 6. The van der Waals surface area contributed by atoms with Gasteiger partial charge in [-0.15, -0.1) is 0 Å². The van der Waals surface area contributed by atoms with Gasteiger partial charge < -0.3 is 15.2 Å². The molecule has 2 N–H and O–H groups in total. The number of ether oxygens (including phenoxy) is 1. The first kappa shape index (κ1) is 23.6. The molecule has 1 aliphatic heterocycles. The molecule has 6 nitrogen and oxygen atoms in total. The molecule has 0 spiro atoms. The molecular weight excluding hydrogens is 514 g/mol. The molecule has 2 aromatic rings. The summed E-state index contributed by atoms with van der Waals surface area (Å²) in [5.74, 6) is -8.49. The summed E-state index contributed by atoms with van der Waals surface area (Å²) in [7, 11) is 0. The summed E-state index contributed by atoms with van der Waals surface area (Å²) in [6.45, 7) is -0.817. The number of nitrogens with zero attached hydrogens (tertiary/aromatic N) is 1. The van der Waals surface area contributed by atoms with E-state index in [9.17, 15) is 35.9 Å². The number of nitrogens with one attached hydrogen (secondary N) is 1. The number of amides is 2. The number of carbonyl (C=O) groups is 2. The molecule has 0 bridgehead atoms. The summed E-state index contributed by atoms with van der Waals surface area (Å²) in [5.41, 5.74) is -2.34. The van der Waals surface area contributed by atoms with Crippen LogP contribution in [0.5, 0.6) is 11.5 Å². The van der Waals surface area contributed by atoms with Crippen LogP contribution in [0.15, 0.2) is 40.5 Å². The maximum Gasteiger partial charge on any atom is 0.416 e. The third-order valence-corrected chi connectivity index (χ3v) is 4.60. The van der Waals surface area contributed by atoms with E-state index in [0.717, 1.165) is 18.2 Å². The van der Waals surface area contributed by atoms with Crippen LogP contribution in [0.1, 0.15) is 5.56 Å². The Balaban J connectivity index is 1.99. The number of hydrogen-bond donors (Lipinski definition) is 2.